The highest BCUT2D eigenvalue weighted by Crippen LogP contribution is 1.93. The maximum Gasteiger partial charge on any atom is 0.316 e. The van der Waals surface area contributed by atoms with Crippen LogP contribution in [0.3, 0.4) is 0 Å². The number of ether oxygens (including phenoxy) is 1. The van der Waals surface area contributed by atoms with Crippen molar-refractivity contribution >= 4 is 21.9 Å². The topological polar surface area (TPSA) is 50.1 Å². The number of carbonyl (C=O) groups excluding carboxylic acids is 1. The molecule has 0 N–H and O–H groups in total. The maximum atomic E-state index is 10.1. The van der Waals surface area contributed by atoms with Crippen LogP contribution in [0.25, 0.3) is 0 Å². The summed E-state index contributed by atoms with van der Waals surface area (Å²) in [4.78, 5) is 10.1. The van der Waals surface area contributed by atoms with Crippen LogP contribution < -0.4 is 0 Å². The molecule has 0 heterocycles. The zero-order valence-electron chi connectivity index (χ0n) is 8.44. The maximum absolute atomic E-state index is 10.1. The lowest BCUT2D eigenvalue weighted by Gasteiger charge is -1.92. The quantitative estimate of drug-likeness (QED) is 0.612. The fourth-order valence-electron chi connectivity index (χ4n) is 0.712. The predicted molar refractivity (Wildman–Crippen MR) is 61.6 cm³/mol. The van der Waals surface area contributed by atoms with Crippen LogP contribution in [0.2, 0.25) is 0 Å². The van der Waals surface area contributed by atoms with E-state index in [4.69, 9.17) is 5.26 Å². The second kappa shape index (κ2) is 9.22. The molecule has 80 valence electrons. The average Bonchev–Trinajstić information content (AvgIpc) is 2.31. The number of carbonyl (C=O) groups is 1. The molecule has 0 bridgehead atoms. The Kier molecular flexibility index (Phi) is 8.40. The van der Waals surface area contributed by atoms with Gasteiger partial charge in [-0.15, -0.1) is 0 Å². The molecule has 0 atom stereocenters. The van der Waals surface area contributed by atoms with Gasteiger partial charge in [0, 0.05) is 0 Å². The van der Waals surface area contributed by atoms with E-state index in [1.165, 1.54) is 0 Å². The summed E-state index contributed by atoms with van der Waals surface area (Å²) in [6.45, 7) is 2.24. The summed E-state index contributed by atoms with van der Waals surface area (Å²) in [5.41, 5.74) is 0.715. The SMILES string of the molecule is CCOC(=O)CBr.N#Cc1ccccc1. The van der Waals surface area contributed by atoms with Gasteiger partial charge in [-0.2, -0.15) is 5.26 Å². The molecule has 0 aliphatic rings. The summed E-state index contributed by atoms with van der Waals surface area (Å²) in [5, 5.41) is 8.58. The molecule has 3 nitrogen and oxygen atoms in total. The molecular weight excluding hydrogens is 258 g/mol. The smallest absolute Gasteiger partial charge is 0.316 e. The van der Waals surface area contributed by atoms with Crippen molar-refractivity contribution in [1.29, 1.82) is 5.26 Å². The van der Waals surface area contributed by atoms with Crippen LogP contribution in [0.15, 0.2) is 30.3 Å². The number of hydrogen-bond acceptors (Lipinski definition) is 3. The Labute approximate surface area is 97.8 Å². The molecule has 0 aliphatic heterocycles. The summed E-state index contributed by atoms with van der Waals surface area (Å²) in [6.07, 6.45) is 0. The van der Waals surface area contributed by atoms with Gasteiger partial charge < -0.3 is 4.74 Å². The van der Waals surface area contributed by atoms with Gasteiger partial charge in [0.1, 0.15) is 5.33 Å². The first-order valence-electron chi connectivity index (χ1n) is 4.41. The third-order valence-electron chi connectivity index (χ3n) is 1.32. The van der Waals surface area contributed by atoms with E-state index in [0.29, 0.717) is 17.5 Å². The van der Waals surface area contributed by atoms with Crippen molar-refractivity contribution in [3.8, 4) is 6.07 Å². The number of halogens is 1. The van der Waals surface area contributed by atoms with Gasteiger partial charge in [0.05, 0.1) is 18.2 Å². The third kappa shape index (κ3) is 7.71. The van der Waals surface area contributed by atoms with Crippen molar-refractivity contribution in [3.63, 3.8) is 0 Å². The van der Waals surface area contributed by atoms with Crippen LogP contribution in [0.4, 0.5) is 0 Å². The minimum atomic E-state index is -0.206. The normalized spacial score (nSPS) is 8.07. The Balaban J connectivity index is 0.000000265. The van der Waals surface area contributed by atoms with Gasteiger partial charge in [-0.05, 0) is 19.1 Å². The predicted octanol–water partition coefficient (Wildman–Crippen LogP) is 2.50. The van der Waals surface area contributed by atoms with Crippen molar-refractivity contribution < 1.29 is 9.53 Å². The Hall–Kier alpha value is -1.34. The van der Waals surface area contributed by atoms with Crippen LogP contribution in [0, 0.1) is 11.3 Å². The lowest BCUT2D eigenvalue weighted by molar-refractivity contribution is -0.139. The Morgan fingerprint density at radius 1 is 1.47 bits per heavy atom. The van der Waals surface area contributed by atoms with Crippen LogP contribution >= 0.6 is 15.9 Å². The Morgan fingerprint density at radius 3 is 2.33 bits per heavy atom. The highest BCUT2D eigenvalue weighted by atomic mass is 79.9. The van der Waals surface area contributed by atoms with Gasteiger partial charge in [0.2, 0.25) is 0 Å². The number of benzene rings is 1. The second-order valence-electron chi connectivity index (χ2n) is 2.42. The van der Waals surface area contributed by atoms with E-state index in [1.54, 1.807) is 19.1 Å². The summed E-state index contributed by atoms with van der Waals surface area (Å²) < 4.78 is 4.51. The summed E-state index contributed by atoms with van der Waals surface area (Å²) >= 11 is 2.94. The number of rotatable bonds is 2. The van der Waals surface area contributed by atoms with Crippen molar-refractivity contribution in [1.82, 2.24) is 0 Å². The number of hydrogen-bond donors (Lipinski definition) is 0. The minimum absolute atomic E-state index is 0.206. The second-order valence-corrected chi connectivity index (χ2v) is 2.98. The van der Waals surface area contributed by atoms with Gasteiger partial charge in [0.25, 0.3) is 0 Å². The van der Waals surface area contributed by atoms with E-state index in [2.05, 4.69) is 20.7 Å². The van der Waals surface area contributed by atoms with Gasteiger partial charge in [-0.25, -0.2) is 0 Å². The molecule has 4 heteroatoms. The molecule has 1 rings (SSSR count). The van der Waals surface area contributed by atoms with Crippen molar-refractivity contribution in [2.24, 2.45) is 0 Å². The monoisotopic (exact) mass is 269 g/mol. The van der Waals surface area contributed by atoms with Crippen LogP contribution in [0.1, 0.15) is 12.5 Å². The largest absolute Gasteiger partial charge is 0.465 e. The van der Waals surface area contributed by atoms with Crippen molar-refractivity contribution in [3.05, 3.63) is 35.9 Å². The third-order valence-corrected chi connectivity index (χ3v) is 1.78. The van der Waals surface area contributed by atoms with E-state index in [-0.39, 0.29) is 5.97 Å². The van der Waals surface area contributed by atoms with Gasteiger partial charge in [-0.1, -0.05) is 34.1 Å². The van der Waals surface area contributed by atoms with Gasteiger partial charge in [-0.3, -0.25) is 4.79 Å². The number of alkyl halides is 1. The highest BCUT2D eigenvalue weighted by Gasteiger charge is 1.92. The molecule has 0 aromatic heterocycles. The van der Waals surface area contributed by atoms with E-state index in [1.807, 2.05) is 24.3 Å². The van der Waals surface area contributed by atoms with Crippen LogP contribution in [0.5, 0.6) is 0 Å². The molecule has 0 spiro atoms. The number of nitrogens with zero attached hydrogens (tertiary/aromatic N) is 1. The average molecular weight is 270 g/mol. The summed E-state index contributed by atoms with van der Waals surface area (Å²) in [5.74, 6) is -0.206. The molecular formula is C11H12BrNO2. The van der Waals surface area contributed by atoms with Crippen molar-refractivity contribution in [2.45, 2.75) is 6.92 Å². The van der Waals surface area contributed by atoms with E-state index < -0.39 is 0 Å². The van der Waals surface area contributed by atoms with Crippen LogP contribution in [-0.4, -0.2) is 17.9 Å². The molecule has 0 fully saturated rings. The highest BCUT2D eigenvalue weighted by molar-refractivity contribution is 9.09. The molecule has 0 saturated carbocycles. The van der Waals surface area contributed by atoms with Gasteiger partial charge >= 0.3 is 5.97 Å². The zero-order chi connectivity index (χ0) is 11.5. The molecule has 1 aromatic rings. The summed E-state index contributed by atoms with van der Waals surface area (Å²) in [6, 6.07) is 11.2. The molecule has 15 heavy (non-hydrogen) atoms. The molecule has 0 saturated heterocycles. The molecule has 0 unspecified atom stereocenters. The van der Waals surface area contributed by atoms with E-state index in [9.17, 15) is 4.79 Å². The minimum Gasteiger partial charge on any atom is -0.465 e. The number of esters is 1. The van der Waals surface area contributed by atoms with E-state index in [0.717, 1.165) is 0 Å². The standard InChI is InChI=1S/C7H5N.C4H7BrO2/c8-6-7-4-2-1-3-5-7;1-2-7-4(6)3-5/h1-5H;2-3H2,1H3. The first kappa shape index (κ1) is 13.7. The van der Waals surface area contributed by atoms with Crippen molar-refractivity contribution in [2.75, 3.05) is 11.9 Å². The molecule has 0 radical (unpaired) electrons. The molecule has 1 aromatic carbocycles. The first-order valence-corrected chi connectivity index (χ1v) is 5.53. The fourth-order valence-corrected chi connectivity index (χ4v) is 0.874. The van der Waals surface area contributed by atoms with E-state index >= 15 is 0 Å². The Bertz CT molecular complexity index is 319. The zero-order valence-corrected chi connectivity index (χ0v) is 10.0. The number of nitriles is 1. The Morgan fingerprint density at radius 2 is 2.07 bits per heavy atom. The molecule has 0 amide bonds. The molecule has 0 aliphatic carbocycles. The lowest BCUT2D eigenvalue weighted by atomic mass is 10.2. The fraction of sp³-hybridized carbons (Fsp3) is 0.273. The first-order chi connectivity index (χ1) is 7.24. The van der Waals surface area contributed by atoms with Crippen LogP contribution in [-0.2, 0) is 9.53 Å². The van der Waals surface area contributed by atoms with Gasteiger partial charge in [0.15, 0.2) is 0 Å². The summed E-state index contributed by atoms with van der Waals surface area (Å²) in [7, 11) is 0. The lowest BCUT2D eigenvalue weighted by Crippen LogP contribution is -2.03.